The highest BCUT2D eigenvalue weighted by atomic mass is 16.6. The molecule has 0 aliphatic heterocycles. The van der Waals surface area contributed by atoms with Crippen LogP contribution in [0.1, 0.15) is 107 Å². The van der Waals surface area contributed by atoms with Gasteiger partial charge in [0, 0.05) is 18.5 Å². The summed E-state index contributed by atoms with van der Waals surface area (Å²) in [5, 5.41) is 0. The molecule has 4 saturated carbocycles. The summed E-state index contributed by atoms with van der Waals surface area (Å²) in [7, 11) is 1.96. The fraction of sp³-hybridized carbons (Fsp3) is 0.871. The molecule has 0 aromatic heterocycles. The molecule has 0 aromatic rings. The quantitative estimate of drug-likeness (QED) is 0.411. The molecule has 0 unspecified atom stereocenters. The summed E-state index contributed by atoms with van der Waals surface area (Å²) in [5.41, 5.74) is 1.68. The molecule has 0 aromatic carbocycles. The Balaban J connectivity index is 1.46. The van der Waals surface area contributed by atoms with Gasteiger partial charge in [-0.25, -0.2) is 4.79 Å². The molecule has 0 radical (unpaired) electrons. The van der Waals surface area contributed by atoms with Crippen molar-refractivity contribution in [2.75, 3.05) is 7.05 Å². The van der Waals surface area contributed by atoms with Crippen LogP contribution in [0.15, 0.2) is 11.6 Å². The monoisotopic (exact) mass is 483 g/mol. The molecule has 4 heteroatoms. The zero-order chi connectivity index (χ0) is 26.0. The van der Waals surface area contributed by atoms with E-state index in [0.29, 0.717) is 22.7 Å². The molecule has 4 nitrogen and oxygen atoms in total. The van der Waals surface area contributed by atoms with Crippen molar-refractivity contribution in [3.63, 3.8) is 0 Å². The van der Waals surface area contributed by atoms with Crippen LogP contribution in [0.25, 0.3) is 0 Å². The second-order valence-corrected chi connectivity index (χ2v) is 15.1. The summed E-state index contributed by atoms with van der Waals surface area (Å²) in [6.45, 7) is 20.0. The minimum absolute atomic E-state index is 0.0226. The minimum Gasteiger partial charge on any atom is -0.444 e. The number of hydrogen-bond acceptors (Lipinski definition) is 3. The van der Waals surface area contributed by atoms with E-state index in [0.717, 1.165) is 30.8 Å². The maximum atomic E-state index is 13.0. The minimum atomic E-state index is -0.475. The first-order valence-corrected chi connectivity index (χ1v) is 14.2. The molecule has 5 aliphatic carbocycles. The molecule has 8 atom stereocenters. The van der Waals surface area contributed by atoms with Crippen molar-refractivity contribution in [1.82, 2.24) is 4.90 Å². The summed E-state index contributed by atoms with van der Waals surface area (Å²) < 4.78 is 5.78. The van der Waals surface area contributed by atoms with Gasteiger partial charge in [-0.15, -0.1) is 0 Å². The van der Waals surface area contributed by atoms with Gasteiger partial charge in [0.1, 0.15) is 5.60 Å². The van der Waals surface area contributed by atoms with Crippen molar-refractivity contribution in [2.24, 2.45) is 44.8 Å². The van der Waals surface area contributed by atoms with E-state index in [1.165, 1.54) is 25.7 Å². The first kappa shape index (κ1) is 25.3. The molecule has 35 heavy (non-hydrogen) atoms. The number of fused-ring (bicyclic) bond motifs is 2. The second kappa shape index (κ2) is 7.16. The highest BCUT2D eigenvalue weighted by molar-refractivity contribution is 5.95. The third-order valence-corrected chi connectivity index (χ3v) is 12.8. The Hall–Kier alpha value is -1.32. The van der Waals surface area contributed by atoms with E-state index < -0.39 is 5.60 Å². The number of carbonyl (C=O) groups is 2. The largest absolute Gasteiger partial charge is 0.444 e. The standard InChI is InChI=1S/C31H49NO3/c1-19(33)21-13-15-29(9)23-12-11-22-27(6,7)24(32(10)25(34)35-26(3,4)5)14-16-30(22)20(2)31(23,30)18-17-28(21,29)8/h13,20,22-24H,11-12,14-18H2,1-10H3/t20-,22+,23+,24+,28-,29+,30-,31+/m1/s1. The molecule has 4 fully saturated rings. The number of ether oxygens (including phenoxy) is 1. The van der Waals surface area contributed by atoms with Gasteiger partial charge in [0.05, 0.1) is 0 Å². The van der Waals surface area contributed by atoms with Gasteiger partial charge in [-0.2, -0.15) is 0 Å². The molecule has 0 saturated heterocycles. The van der Waals surface area contributed by atoms with Crippen molar-refractivity contribution in [1.29, 1.82) is 0 Å². The van der Waals surface area contributed by atoms with Gasteiger partial charge in [0.25, 0.3) is 0 Å². The molecule has 196 valence electrons. The van der Waals surface area contributed by atoms with Crippen molar-refractivity contribution in [3.8, 4) is 0 Å². The zero-order valence-corrected chi connectivity index (χ0v) is 24.0. The highest BCUT2D eigenvalue weighted by Crippen LogP contribution is 2.91. The Morgan fingerprint density at radius 1 is 0.971 bits per heavy atom. The van der Waals surface area contributed by atoms with Crippen LogP contribution in [0.4, 0.5) is 4.79 Å². The van der Waals surface area contributed by atoms with Crippen LogP contribution in [-0.2, 0) is 9.53 Å². The van der Waals surface area contributed by atoms with Crippen molar-refractivity contribution in [2.45, 2.75) is 119 Å². The van der Waals surface area contributed by atoms with Crippen LogP contribution in [0, 0.1) is 44.8 Å². The molecule has 0 bridgehead atoms. The van der Waals surface area contributed by atoms with Crippen LogP contribution < -0.4 is 0 Å². The molecule has 2 spiro atoms. The van der Waals surface area contributed by atoms with Crippen LogP contribution in [-0.4, -0.2) is 35.5 Å². The molecular formula is C31H49NO3. The van der Waals surface area contributed by atoms with E-state index in [-0.39, 0.29) is 34.2 Å². The Morgan fingerprint density at radius 2 is 1.57 bits per heavy atom. The first-order chi connectivity index (χ1) is 16.0. The lowest BCUT2D eigenvalue weighted by atomic mass is 9.42. The molecule has 0 N–H and O–H groups in total. The number of hydrogen-bond donors (Lipinski definition) is 0. The molecular weight excluding hydrogens is 434 g/mol. The Kier molecular flexibility index (Phi) is 5.18. The van der Waals surface area contributed by atoms with Gasteiger partial charge in [-0.3, -0.25) is 4.79 Å². The lowest BCUT2D eigenvalue weighted by molar-refractivity contribution is -0.140. The van der Waals surface area contributed by atoms with Crippen LogP contribution in [0.5, 0.6) is 0 Å². The number of carbonyl (C=O) groups excluding carboxylic acids is 2. The lowest BCUT2D eigenvalue weighted by Crippen LogP contribution is -2.60. The average Bonchev–Trinajstić information content (AvgIpc) is 3.11. The average molecular weight is 484 g/mol. The van der Waals surface area contributed by atoms with Gasteiger partial charge < -0.3 is 9.64 Å². The van der Waals surface area contributed by atoms with Crippen LogP contribution in [0.3, 0.4) is 0 Å². The normalized spacial score (nSPS) is 47.4. The Labute approximate surface area is 213 Å². The van der Waals surface area contributed by atoms with E-state index in [4.69, 9.17) is 4.74 Å². The fourth-order valence-corrected chi connectivity index (χ4v) is 11.3. The Bertz CT molecular complexity index is 990. The Morgan fingerprint density at radius 3 is 2.17 bits per heavy atom. The third kappa shape index (κ3) is 2.86. The van der Waals surface area contributed by atoms with Gasteiger partial charge in [0.2, 0.25) is 0 Å². The number of rotatable bonds is 2. The predicted octanol–water partition coefficient (Wildman–Crippen LogP) is 7.42. The van der Waals surface area contributed by atoms with Crippen molar-refractivity contribution >= 4 is 11.9 Å². The van der Waals surface area contributed by atoms with Crippen molar-refractivity contribution in [3.05, 3.63) is 11.6 Å². The molecule has 0 heterocycles. The predicted molar refractivity (Wildman–Crippen MR) is 140 cm³/mol. The zero-order valence-electron chi connectivity index (χ0n) is 24.0. The van der Waals surface area contributed by atoms with Gasteiger partial charge >= 0.3 is 6.09 Å². The SMILES string of the molecule is CC(=O)C1=CC[C@@]2(C)[C@@H]3CC[C@H]4C(C)(C)[C@@H](N(C)C(=O)OC(C)(C)C)CC[C@@]45[C@@H](C)[C@@]35CC[C@]12C. The summed E-state index contributed by atoms with van der Waals surface area (Å²) in [6, 6.07) is 0.205. The topological polar surface area (TPSA) is 46.6 Å². The maximum absolute atomic E-state index is 13.0. The fourth-order valence-electron chi connectivity index (χ4n) is 11.3. The molecule has 5 rings (SSSR count). The summed E-state index contributed by atoms with van der Waals surface area (Å²) >= 11 is 0. The lowest BCUT2D eigenvalue weighted by Gasteiger charge is -2.63. The van der Waals surface area contributed by atoms with Gasteiger partial charge in [0.15, 0.2) is 5.78 Å². The van der Waals surface area contributed by atoms with E-state index >= 15 is 0 Å². The van der Waals surface area contributed by atoms with Crippen LogP contribution >= 0.6 is 0 Å². The maximum Gasteiger partial charge on any atom is 0.410 e. The smallest absolute Gasteiger partial charge is 0.410 e. The number of allylic oxidation sites excluding steroid dienone is 2. The first-order valence-electron chi connectivity index (χ1n) is 14.2. The van der Waals surface area contributed by atoms with Crippen LogP contribution in [0.2, 0.25) is 0 Å². The van der Waals surface area contributed by atoms with E-state index in [2.05, 4.69) is 40.7 Å². The highest BCUT2D eigenvalue weighted by Gasteiger charge is 2.85. The van der Waals surface area contributed by atoms with Crippen molar-refractivity contribution < 1.29 is 14.3 Å². The van der Waals surface area contributed by atoms with E-state index in [1.807, 2.05) is 32.7 Å². The number of ketones is 1. The third-order valence-electron chi connectivity index (χ3n) is 12.8. The second-order valence-electron chi connectivity index (χ2n) is 15.1. The summed E-state index contributed by atoms with van der Waals surface area (Å²) in [6.07, 6.45) is 10.4. The summed E-state index contributed by atoms with van der Waals surface area (Å²) in [5.74, 6) is 2.32. The van der Waals surface area contributed by atoms with Gasteiger partial charge in [-0.1, -0.05) is 40.7 Å². The number of amides is 1. The molecule has 5 aliphatic rings. The number of Topliss-reactive ketones (excluding diaryl/α,β-unsaturated/α-hetero) is 1. The molecule has 1 amide bonds. The number of nitrogens with zero attached hydrogens (tertiary/aromatic N) is 1. The van der Waals surface area contributed by atoms with Gasteiger partial charge in [-0.05, 0) is 118 Å². The van der Waals surface area contributed by atoms with E-state index in [9.17, 15) is 9.59 Å². The van der Waals surface area contributed by atoms with E-state index in [1.54, 1.807) is 6.92 Å². The summed E-state index contributed by atoms with van der Waals surface area (Å²) in [4.78, 5) is 27.6.